The Labute approximate surface area is 290 Å². The first-order valence-electron chi connectivity index (χ1n) is 17.0. The van der Waals surface area contributed by atoms with Crippen molar-refractivity contribution in [3.63, 3.8) is 0 Å². The lowest BCUT2D eigenvalue weighted by Crippen LogP contribution is -1.97. The van der Waals surface area contributed by atoms with E-state index < -0.39 is 0 Å². The molecule has 0 saturated heterocycles. The van der Waals surface area contributed by atoms with Crippen LogP contribution in [0, 0.1) is 0 Å². The summed E-state index contributed by atoms with van der Waals surface area (Å²) in [6.45, 7) is 0. The van der Waals surface area contributed by atoms with Gasteiger partial charge in [0.2, 0.25) is 0 Å². The van der Waals surface area contributed by atoms with Gasteiger partial charge in [0.05, 0.1) is 22.1 Å². The van der Waals surface area contributed by atoms with Crippen LogP contribution in [-0.4, -0.2) is 14.1 Å². The lowest BCUT2D eigenvalue weighted by Gasteiger charge is -2.12. The van der Waals surface area contributed by atoms with Gasteiger partial charge in [0.1, 0.15) is 5.82 Å². The van der Waals surface area contributed by atoms with Crippen molar-refractivity contribution in [2.24, 2.45) is 0 Å². The van der Waals surface area contributed by atoms with E-state index in [9.17, 15) is 0 Å². The van der Waals surface area contributed by atoms with Crippen LogP contribution in [0.2, 0.25) is 0 Å². The average molecular weight is 638 g/mol. The Hall–Kier alpha value is -6.71. The largest absolute Gasteiger partial charge is 0.309 e. The van der Waals surface area contributed by atoms with E-state index >= 15 is 0 Å². The Morgan fingerprint density at radius 2 is 0.760 bits per heavy atom. The molecule has 0 amide bonds. The van der Waals surface area contributed by atoms with Crippen LogP contribution in [0.25, 0.3) is 88.5 Å². The summed E-state index contributed by atoms with van der Waals surface area (Å²) in [6, 6.07) is 65.2. The first kappa shape index (κ1) is 28.3. The molecule has 0 N–H and O–H groups in total. The molecule has 0 aliphatic heterocycles. The monoisotopic (exact) mass is 637 g/mol. The highest BCUT2D eigenvalue weighted by Crippen LogP contribution is 2.40. The molecule has 3 nitrogen and oxygen atoms in total. The molecule has 0 bridgehead atoms. The van der Waals surface area contributed by atoms with Gasteiger partial charge in [-0.15, -0.1) is 0 Å². The molecule has 234 valence electrons. The van der Waals surface area contributed by atoms with Gasteiger partial charge in [-0.05, 0) is 94.5 Å². The zero-order valence-electron chi connectivity index (χ0n) is 27.2. The summed E-state index contributed by atoms with van der Waals surface area (Å²) in [5, 5.41) is 4.88. The highest BCUT2D eigenvalue weighted by molar-refractivity contribution is 6.19. The topological polar surface area (TPSA) is 22.8 Å². The van der Waals surface area contributed by atoms with Gasteiger partial charge in [0.25, 0.3) is 0 Å². The summed E-state index contributed by atoms with van der Waals surface area (Å²) in [5.41, 5.74) is 12.8. The van der Waals surface area contributed by atoms with Crippen LogP contribution in [-0.2, 0) is 0 Å². The summed E-state index contributed by atoms with van der Waals surface area (Å²) in [7, 11) is 0. The van der Waals surface area contributed by atoms with Gasteiger partial charge in [-0.2, -0.15) is 0 Å². The lowest BCUT2D eigenvalue weighted by atomic mass is 9.94. The van der Waals surface area contributed by atoms with Crippen molar-refractivity contribution in [2.75, 3.05) is 0 Å². The van der Waals surface area contributed by atoms with Gasteiger partial charge in [-0.25, -0.2) is 4.98 Å². The van der Waals surface area contributed by atoms with Gasteiger partial charge in [-0.1, -0.05) is 115 Å². The Bertz CT molecular complexity index is 2770. The van der Waals surface area contributed by atoms with E-state index in [0.717, 1.165) is 33.7 Å². The zero-order valence-corrected chi connectivity index (χ0v) is 27.2. The summed E-state index contributed by atoms with van der Waals surface area (Å²) in [5.74, 6) is 0.897. The predicted molar refractivity (Wildman–Crippen MR) is 209 cm³/mol. The van der Waals surface area contributed by atoms with Crippen molar-refractivity contribution in [1.82, 2.24) is 14.1 Å². The molecule has 0 aliphatic rings. The Morgan fingerprint density at radius 1 is 0.300 bits per heavy atom. The van der Waals surface area contributed by atoms with Gasteiger partial charge in [0.15, 0.2) is 0 Å². The molecule has 10 aromatic rings. The average Bonchev–Trinajstić information content (AvgIpc) is 3.70. The third-order valence-electron chi connectivity index (χ3n) is 9.94. The maximum absolute atomic E-state index is 5.16. The lowest BCUT2D eigenvalue weighted by molar-refractivity contribution is 1.08. The van der Waals surface area contributed by atoms with E-state index in [1.54, 1.807) is 0 Å². The van der Waals surface area contributed by atoms with Crippen LogP contribution < -0.4 is 0 Å². The van der Waals surface area contributed by atoms with Gasteiger partial charge in [0, 0.05) is 39.0 Å². The quantitative estimate of drug-likeness (QED) is 0.184. The number of benzene rings is 7. The number of pyridine rings is 1. The maximum Gasteiger partial charge on any atom is 0.137 e. The smallest absolute Gasteiger partial charge is 0.137 e. The van der Waals surface area contributed by atoms with Crippen LogP contribution in [0.3, 0.4) is 0 Å². The number of hydrogen-bond acceptors (Lipinski definition) is 1. The van der Waals surface area contributed by atoms with Crippen LogP contribution >= 0.6 is 0 Å². The fourth-order valence-electron chi connectivity index (χ4n) is 7.61. The number of rotatable bonds is 5. The number of nitrogens with zero attached hydrogens (tertiary/aromatic N) is 3. The SMILES string of the molecule is c1ccc(-c2cc(-c3ccccc3)cc(-c3ccc(-n4c5ccccc5c5cc6c(cc54)c4ccccc4n6-c4ccccc4)nc3)c2)cc1. The minimum absolute atomic E-state index is 0.897. The molecular weight excluding hydrogens is 607 g/mol. The maximum atomic E-state index is 5.16. The van der Waals surface area contributed by atoms with E-state index in [4.69, 9.17) is 4.98 Å². The Kier molecular flexibility index (Phi) is 6.49. The second-order valence-corrected chi connectivity index (χ2v) is 12.9. The molecule has 0 unspecified atom stereocenters. The van der Waals surface area contributed by atoms with Crippen molar-refractivity contribution in [3.8, 4) is 44.9 Å². The van der Waals surface area contributed by atoms with Crippen LogP contribution in [0.1, 0.15) is 0 Å². The zero-order chi connectivity index (χ0) is 33.0. The van der Waals surface area contributed by atoms with Crippen LogP contribution in [0.15, 0.2) is 188 Å². The first-order chi connectivity index (χ1) is 24.8. The Morgan fingerprint density at radius 3 is 1.30 bits per heavy atom. The van der Waals surface area contributed by atoms with E-state index in [2.05, 4.69) is 191 Å². The van der Waals surface area contributed by atoms with Crippen LogP contribution in [0.4, 0.5) is 0 Å². The van der Waals surface area contributed by atoms with E-state index in [0.29, 0.717) is 0 Å². The molecule has 0 fully saturated rings. The minimum atomic E-state index is 0.897. The van der Waals surface area contributed by atoms with Gasteiger partial charge < -0.3 is 4.57 Å². The molecular formula is C47H31N3. The standard InChI is InChI=1S/C47H31N3/c1-4-14-32(15-5-1)35-26-36(33-16-6-2-7-17-33)28-37(27-35)34-24-25-47(48-31-34)50-44-23-13-11-21-40(44)42-29-45-41(30-46(42)50)39-20-10-12-22-43(39)49(45)38-18-8-3-9-19-38/h1-31H. The van der Waals surface area contributed by atoms with Crippen molar-refractivity contribution < 1.29 is 0 Å². The molecule has 7 aromatic carbocycles. The second kappa shape index (κ2) is 11.5. The van der Waals surface area contributed by atoms with E-state index in [1.807, 2.05) is 6.20 Å². The summed E-state index contributed by atoms with van der Waals surface area (Å²) in [4.78, 5) is 5.16. The Balaban J connectivity index is 1.16. The number of para-hydroxylation sites is 3. The highest BCUT2D eigenvalue weighted by Gasteiger charge is 2.19. The summed E-state index contributed by atoms with van der Waals surface area (Å²) >= 11 is 0. The van der Waals surface area contributed by atoms with E-state index in [1.165, 1.54) is 54.8 Å². The third-order valence-corrected chi connectivity index (χ3v) is 9.94. The van der Waals surface area contributed by atoms with Gasteiger partial charge in [-0.3, -0.25) is 4.57 Å². The highest BCUT2D eigenvalue weighted by atomic mass is 15.1. The molecule has 0 atom stereocenters. The summed E-state index contributed by atoms with van der Waals surface area (Å²) in [6.07, 6.45) is 2.02. The normalized spacial score (nSPS) is 11.6. The van der Waals surface area contributed by atoms with Gasteiger partial charge >= 0.3 is 0 Å². The molecule has 50 heavy (non-hydrogen) atoms. The number of hydrogen-bond donors (Lipinski definition) is 0. The molecule has 3 heterocycles. The van der Waals surface area contributed by atoms with E-state index in [-0.39, 0.29) is 0 Å². The fraction of sp³-hybridized carbons (Fsp3) is 0. The predicted octanol–water partition coefficient (Wildman–Crippen LogP) is 12.3. The van der Waals surface area contributed by atoms with Crippen molar-refractivity contribution >= 4 is 43.6 Å². The second-order valence-electron chi connectivity index (χ2n) is 12.9. The number of aromatic nitrogens is 3. The number of fused-ring (bicyclic) bond motifs is 6. The third kappa shape index (κ3) is 4.56. The molecule has 0 saturated carbocycles. The van der Waals surface area contributed by atoms with Crippen molar-refractivity contribution in [2.45, 2.75) is 0 Å². The molecule has 0 spiro atoms. The molecule has 3 aromatic heterocycles. The molecule has 0 radical (unpaired) electrons. The van der Waals surface area contributed by atoms with Crippen molar-refractivity contribution in [3.05, 3.63) is 188 Å². The minimum Gasteiger partial charge on any atom is -0.309 e. The first-order valence-corrected chi connectivity index (χ1v) is 17.0. The van der Waals surface area contributed by atoms with Crippen molar-refractivity contribution in [1.29, 1.82) is 0 Å². The van der Waals surface area contributed by atoms with Crippen LogP contribution in [0.5, 0.6) is 0 Å². The summed E-state index contributed by atoms with van der Waals surface area (Å²) < 4.78 is 4.70. The molecule has 10 rings (SSSR count). The molecule has 3 heteroatoms. The molecule has 0 aliphatic carbocycles. The fourth-order valence-corrected chi connectivity index (χ4v) is 7.61.